The van der Waals surface area contributed by atoms with Gasteiger partial charge in [0.15, 0.2) is 0 Å². The summed E-state index contributed by atoms with van der Waals surface area (Å²) in [7, 11) is 0. The predicted molar refractivity (Wildman–Crippen MR) is 143 cm³/mol. The number of carboxylic acids is 2. The summed E-state index contributed by atoms with van der Waals surface area (Å²) in [6.07, 6.45) is 2.62. The van der Waals surface area contributed by atoms with Crippen molar-refractivity contribution in [3.8, 4) is 0 Å². The average molecular weight is 544 g/mol. The van der Waals surface area contributed by atoms with Gasteiger partial charge in [0.2, 0.25) is 17.7 Å². The van der Waals surface area contributed by atoms with E-state index in [0.717, 1.165) is 16.5 Å². The Morgan fingerprint density at radius 3 is 2.49 bits per heavy atom. The lowest BCUT2D eigenvalue weighted by atomic mass is 10.0. The van der Waals surface area contributed by atoms with E-state index in [1.807, 2.05) is 38.1 Å². The largest absolute Gasteiger partial charge is 0.481 e. The molecule has 12 nitrogen and oxygen atoms in total. The normalized spacial score (nSPS) is 17.5. The molecule has 1 fully saturated rings. The summed E-state index contributed by atoms with van der Waals surface area (Å²) in [5, 5.41) is 24.7. The summed E-state index contributed by atoms with van der Waals surface area (Å²) in [6.45, 7) is 3.98. The second kappa shape index (κ2) is 13.2. The Bertz CT molecular complexity index is 1210. The minimum absolute atomic E-state index is 0.0106. The molecule has 1 aromatic heterocycles. The van der Waals surface area contributed by atoms with Crippen molar-refractivity contribution in [1.29, 1.82) is 0 Å². The SMILES string of the molecule is CC(C)CC(NC(=O)C(Cc1c[nH]c2ccccc12)NC(=O)C1CCCN1C(=O)C(N)CCC(=O)O)C(=O)O. The summed E-state index contributed by atoms with van der Waals surface area (Å²) in [5.41, 5.74) is 7.53. The summed E-state index contributed by atoms with van der Waals surface area (Å²) in [5.74, 6) is -3.95. The lowest BCUT2D eigenvalue weighted by molar-refractivity contribution is -0.143. The first-order chi connectivity index (χ1) is 18.5. The number of carbonyl (C=O) groups is 5. The molecule has 1 saturated heterocycles. The van der Waals surface area contributed by atoms with E-state index in [-0.39, 0.29) is 38.1 Å². The van der Waals surface area contributed by atoms with E-state index in [2.05, 4.69) is 15.6 Å². The van der Waals surface area contributed by atoms with Crippen molar-refractivity contribution in [1.82, 2.24) is 20.5 Å². The van der Waals surface area contributed by atoms with E-state index < -0.39 is 53.8 Å². The monoisotopic (exact) mass is 543 g/mol. The van der Waals surface area contributed by atoms with Crippen LogP contribution in [0.15, 0.2) is 30.5 Å². The molecule has 2 aromatic rings. The molecule has 2 heterocycles. The fraction of sp³-hybridized carbons (Fsp3) is 0.519. The lowest BCUT2D eigenvalue weighted by Gasteiger charge is -2.28. The molecule has 3 rings (SSSR count). The standard InChI is InChI=1S/C27H37N5O7/c1-15(2)12-21(27(38)39)31-24(35)20(13-16-14-29-19-7-4-3-6-17(16)19)30-25(36)22-8-5-11-32(22)26(37)18(28)9-10-23(33)34/h3-4,6-7,14-15,18,20-22,29H,5,8-13,28H2,1-2H3,(H,30,36)(H,31,35)(H,33,34)(H,38,39). The van der Waals surface area contributed by atoms with Gasteiger partial charge in [0, 0.05) is 36.5 Å². The molecule has 4 unspecified atom stereocenters. The number of hydrogen-bond acceptors (Lipinski definition) is 6. The first-order valence-corrected chi connectivity index (χ1v) is 13.1. The lowest BCUT2D eigenvalue weighted by Crippen LogP contribution is -2.57. The highest BCUT2D eigenvalue weighted by Crippen LogP contribution is 2.22. The zero-order chi connectivity index (χ0) is 28.7. The molecule has 7 N–H and O–H groups in total. The van der Waals surface area contributed by atoms with E-state index in [1.165, 1.54) is 4.90 Å². The Balaban J connectivity index is 1.80. The molecule has 4 atom stereocenters. The van der Waals surface area contributed by atoms with Crippen LogP contribution in [0, 0.1) is 5.92 Å². The maximum Gasteiger partial charge on any atom is 0.326 e. The van der Waals surface area contributed by atoms with E-state index in [0.29, 0.717) is 12.8 Å². The molecule has 3 amide bonds. The average Bonchev–Trinajstić information content (AvgIpc) is 3.53. The third-order valence-electron chi connectivity index (χ3n) is 6.88. The maximum absolute atomic E-state index is 13.4. The van der Waals surface area contributed by atoms with Crippen molar-refractivity contribution in [2.24, 2.45) is 11.7 Å². The van der Waals surface area contributed by atoms with Crippen LogP contribution in [-0.2, 0) is 30.4 Å². The number of aromatic nitrogens is 1. The fourth-order valence-corrected chi connectivity index (χ4v) is 4.88. The van der Waals surface area contributed by atoms with E-state index in [4.69, 9.17) is 10.8 Å². The van der Waals surface area contributed by atoms with Crippen LogP contribution in [0.1, 0.15) is 51.5 Å². The highest BCUT2D eigenvalue weighted by Gasteiger charge is 2.38. The van der Waals surface area contributed by atoms with Crippen LogP contribution in [0.25, 0.3) is 10.9 Å². The first kappa shape index (κ1) is 29.6. The van der Waals surface area contributed by atoms with Crippen LogP contribution in [-0.4, -0.2) is 80.5 Å². The van der Waals surface area contributed by atoms with Crippen LogP contribution in [0.3, 0.4) is 0 Å². The van der Waals surface area contributed by atoms with Crippen molar-refractivity contribution in [2.45, 2.75) is 76.5 Å². The number of likely N-dealkylation sites (tertiary alicyclic amines) is 1. The van der Waals surface area contributed by atoms with E-state index >= 15 is 0 Å². The third kappa shape index (κ3) is 7.79. The van der Waals surface area contributed by atoms with Crippen LogP contribution < -0.4 is 16.4 Å². The smallest absolute Gasteiger partial charge is 0.326 e. The molecule has 0 aliphatic carbocycles. The van der Waals surface area contributed by atoms with Gasteiger partial charge in [-0.25, -0.2) is 4.79 Å². The number of aliphatic carboxylic acids is 2. The Morgan fingerprint density at radius 1 is 1.10 bits per heavy atom. The van der Waals surface area contributed by atoms with E-state index in [1.54, 1.807) is 6.20 Å². The van der Waals surface area contributed by atoms with Gasteiger partial charge in [-0.2, -0.15) is 0 Å². The maximum atomic E-state index is 13.4. The van der Waals surface area contributed by atoms with E-state index in [9.17, 15) is 29.1 Å². The second-order valence-electron chi connectivity index (χ2n) is 10.4. The molecule has 0 radical (unpaired) electrons. The molecule has 12 heteroatoms. The number of nitrogens with one attached hydrogen (secondary N) is 3. The zero-order valence-corrected chi connectivity index (χ0v) is 22.2. The van der Waals surface area contributed by atoms with Gasteiger partial charge in [-0.05, 0) is 43.2 Å². The minimum atomic E-state index is -1.17. The van der Waals surface area contributed by atoms with Crippen LogP contribution >= 0.6 is 0 Å². The van der Waals surface area contributed by atoms with Crippen LogP contribution in [0.2, 0.25) is 0 Å². The van der Waals surface area contributed by atoms with Gasteiger partial charge >= 0.3 is 11.9 Å². The predicted octanol–water partition coefficient (Wildman–Crippen LogP) is 0.994. The molecule has 39 heavy (non-hydrogen) atoms. The summed E-state index contributed by atoms with van der Waals surface area (Å²) >= 11 is 0. The van der Waals surface area contributed by atoms with Crippen molar-refractivity contribution < 1.29 is 34.2 Å². The number of amides is 3. The number of nitrogens with zero attached hydrogens (tertiary/aromatic N) is 1. The highest BCUT2D eigenvalue weighted by atomic mass is 16.4. The van der Waals surface area contributed by atoms with Gasteiger partial charge in [0.05, 0.1) is 6.04 Å². The number of fused-ring (bicyclic) bond motifs is 1. The molecule has 0 bridgehead atoms. The molecule has 1 aliphatic heterocycles. The second-order valence-corrected chi connectivity index (χ2v) is 10.4. The number of carboxylic acid groups (broad SMARTS) is 2. The number of aromatic amines is 1. The molecule has 0 saturated carbocycles. The molecule has 1 aromatic carbocycles. The fourth-order valence-electron chi connectivity index (χ4n) is 4.88. The van der Waals surface area contributed by atoms with Crippen molar-refractivity contribution in [3.63, 3.8) is 0 Å². The number of nitrogens with two attached hydrogens (primary N) is 1. The van der Waals surface area contributed by atoms with Gasteiger partial charge in [-0.1, -0.05) is 32.0 Å². The molecular weight excluding hydrogens is 506 g/mol. The van der Waals surface area contributed by atoms with Gasteiger partial charge in [0.25, 0.3) is 0 Å². The van der Waals surface area contributed by atoms with Crippen molar-refractivity contribution in [3.05, 3.63) is 36.0 Å². The van der Waals surface area contributed by atoms with Crippen molar-refractivity contribution >= 4 is 40.6 Å². The topological polar surface area (TPSA) is 195 Å². The zero-order valence-electron chi connectivity index (χ0n) is 22.2. The molecule has 212 valence electrons. The van der Waals surface area contributed by atoms with Gasteiger partial charge in [-0.3, -0.25) is 19.2 Å². The number of carbonyl (C=O) groups excluding carboxylic acids is 3. The summed E-state index contributed by atoms with van der Waals surface area (Å²) < 4.78 is 0. The first-order valence-electron chi connectivity index (χ1n) is 13.1. The Labute approximate surface area is 226 Å². The third-order valence-corrected chi connectivity index (χ3v) is 6.88. The highest BCUT2D eigenvalue weighted by molar-refractivity contribution is 5.95. The van der Waals surface area contributed by atoms with Gasteiger partial charge in [0.1, 0.15) is 18.1 Å². The Hall–Kier alpha value is -3.93. The number of rotatable bonds is 13. The van der Waals surface area contributed by atoms with Crippen LogP contribution in [0.5, 0.6) is 0 Å². The van der Waals surface area contributed by atoms with Gasteiger partial charge in [-0.15, -0.1) is 0 Å². The van der Waals surface area contributed by atoms with Crippen molar-refractivity contribution in [2.75, 3.05) is 6.54 Å². The molecule has 0 spiro atoms. The minimum Gasteiger partial charge on any atom is -0.481 e. The Kier molecular flexibility index (Phi) is 10.0. The quantitative estimate of drug-likeness (QED) is 0.215. The molecule has 1 aliphatic rings. The Morgan fingerprint density at radius 2 is 1.82 bits per heavy atom. The number of para-hydroxylation sites is 1. The number of benzene rings is 1. The number of H-pyrrole nitrogens is 1. The van der Waals surface area contributed by atoms with Gasteiger partial charge < -0.3 is 36.5 Å². The summed E-state index contributed by atoms with van der Waals surface area (Å²) in [4.78, 5) is 66.8. The molecular formula is C27H37N5O7. The van der Waals surface area contributed by atoms with Crippen LogP contribution in [0.4, 0.5) is 0 Å². The number of hydrogen-bond donors (Lipinski definition) is 6. The summed E-state index contributed by atoms with van der Waals surface area (Å²) in [6, 6.07) is 3.31.